The smallest absolute Gasteiger partial charge is 0.335 e. The predicted octanol–water partition coefficient (Wildman–Crippen LogP) is 4.90. The summed E-state index contributed by atoms with van der Waals surface area (Å²) in [5.74, 6) is 0.567. The Hall–Kier alpha value is -3.84. The van der Waals surface area contributed by atoms with E-state index in [1.807, 2.05) is 0 Å². The third-order valence-corrected chi connectivity index (χ3v) is 7.86. The lowest BCUT2D eigenvalue weighted by Crippen LogP contribution is -2.45. The second-order valence-electron chi connectivity index (χ2n) is 9.77. The van der Waals surface area contributed by atoms with Gasteiger partial charge in [-0.05, 0) is 43.4 Å². The van der Waals surface area contributed by atoms with E-state index in [0.717, 1.165) is 26.2 Å². The highest BCUT2D eigenvalue weighted by Gasteiger charge is 2.16. The number of thioether (sulfide) groups is 1. The first-order valence-electron chi connectivity index (χ1n) is 13.3. The number of anilines is 3. The highest BCUT2D eigenvalue weighted by Crippen LogP contribution is 2.34. The summed E-state index contributed by atoms with van der Waals surface area (Å²) >= 11 is 7.41. The van der Waals surface area contributed by atoms with Gasteiger partial charge in [0.1, 0.15) is 22.4 Å². The molecule has 1 fully saturated rings. The number of amides is 1. The molecule has 1 aromatic carbocycles. The number of hydrogen-bond donors (Lipinski definition) is 2. The van der Waals surface area contributed by atoms with Crippen molar-refractivity contribution in [3.63, 3.8) is 0 Å². The van der Waals surface area contributed by atoms with Crippen LogP contribution in [-0.2, 0) is 10.5 Å². The van der Waals surface area contributed by atoms with Crippen molar-refractivity contribution in [2.75, 3.05) is 50.4 Å². The number of carbonyl (C=O) groups excluding carboxylic acids is 1. The topological polar surface area (TPSA) is 116 Å². The lowest BCUT2D eigenvalue weighted by atomic mass is 10.1. The van der Waals surface area contributed by atoms with Crippen LogP contribution in [-0.4, -0.2) is 70.7 Å². The van der Waals surface area contributed by atoms with E-state index in [2.05, 4.69) is 42.7 Å². The molecule has 1 saturated heterocycles. The number of likely N-dealkylation sites (N-methyl/N-ethyl adjacent to an activating group) is 1. The van der Waals surface area contributed by atoms with Crippen molar-refractivity contribution in [2.24, 2.45) is 0 Å². The fraction of sp³-hybridized carbons (Fsp3) is 0.276. The second kappa shape index (κ2) is 13.9. The molecule has 4 aromatic rings. The van der Waals surface area contributed by atoms with Crippen molar-refractivity contribution in [2.45, 2.75) is 17.2 Å². The summed E-state index contributed by atoms with van der Waals surface area (Å²) in [7, 11) is 2.10. The lowest BCUT2D eigenvalue weighted by molar-refractivity contribution is -0.116. The maximum absolute atomic E-state index is 14.6. The molecule has 0 atom stereocenters. The van der Waals surface area contributed by atoms with Crippen LogP contribution in [0.4, 0.5) is 21.6 Å². The molecule has 1 aliphatic rings. The van der Waals surface area contributed by atoms with E-state index in [9.17, 15) is 14.0 Å². The summed E-state index contributed by atoms with van der Waals surface area (Å²) in [6, 6.07) is 14.0. The number of nitrogens with one attached hydrogen (secondary N) is 2. The van der Waals surface area contributed by atoms with Gasteiger partial charge in [0.25, 0.3) is 0 Å². The van der Waals surface area contributed by atoms with Gasteiger partial charge in [0.05, 0.1) is 17.1 Å². The number of aromatic nitrogens is 3. The van der Waals surface area contributed by atoms with E-state index in [0.29, 0.717) is 51.7 Å². The van der Waals surface area contributed by atoms with Gasteiger partial charge in [-0.3, -0.25) is 4.79 Å². The van der Waals surface area contributed by atoms with E-state index in [-0.39, 0.29) is 17.2 Å². The molecule has 5 rings (SSSR count). The molecule has 0 radical (unpaired) electrons. The van der Waals surface area contributed by atoms with Crippen LogP contribution in [0.1, 0.15) is 12.2 Å². The second-order valence-corrected chi connectivity index (χ2v) is 11.2. The molecule has 0 aliphatic carbocycles. The van der Waals surface area contributed by atoms with Crippen molar-refractivity contribution in [1.82, 2.24) is 25.0 Å². The quantitative estimate of drug-likeness (QED) is 0.241. The van der Waals surface area contributed by atoms with E-state index in [4.69, 9.17) is 16.0 Å². The van der Waals surface area contributed by atoms with E-state index in [1.165, 1.54) is 36.0 Å². The number of rotatable bonds is 10. The van der Waals surface area contributed by atoms with Gasteiger partial charge < -0.3 is 24.9 Å². The first kappa shape index (κ1) is 29.6. The van der Waals surface area contributed by atoms with Gasteiger partial charge in [0.15, 0.2) is 0 Å². The average Bonchev–Trinajstić information content (AvgIpc) is 2.98. The van der Waals surface area contributed by atoms with Crippen molar-refractivity contribution in [1.29, 1.82) is 0 Å². The van der Waals surface area contributed by atoms with Crippen LogP contribution in [0.15, 0.2) is 75.0 Å². The van der Waals surface area contributed by atoms with E-state index < -0.39 is 11.4 Å². The molecular weight excluding hydrogens is 581 g/mol. The van der Waals surface area contributed by atoms with E-state index in [1.54, 1.807) is 36.5 Å². The molecular formula is C29H29ClFN7O3S. The van der Waals surface area contributed by atoms with Crippen molar-refractivity contribution in [3.05, 3.63) is 87.8 Å². The van der Waals surface area contributed by atoms with Crippen molar-refractivity contribution >= 4 is 46.5 Å². The lowest BCUT2D eigenvalue weighted by Gasteiger charge is -2.32. The highest BCUT2D eigenvalue weighted by molar-refractivity contribution is 7.98. The SMILES string of the molecule is CN1CCN(CCC(=O)Nc2cc(Nc3cc(-c4cc(Cl)ccc4F)nnc3SCc3cccc(=O)o3)ccn2)CC1. The van der Waals surface area contributed by atoms with Gasteiger partial charge >= 0.3 is 5.63 Å². The maximum Gasteiger partial charge on any atom is 0.335 e. The van der Waals surface area contributed by atoms with Crippen LogP contribution >= 0.6 is 23.4 Å². The maximum atomic E-state index is 14.6. The molecule has 0 spiro atoms. The number of carbonyl (C=O) groups is 1. The minimum Gasteiger partial charge on any atom is -0.427 e. The summed E-state index contributed by atoms with van der Waals surface area (Å²) in [6.45, 7) is 4.56. The largest absolute Gasteiger partial charge is 0.427 e. The number of benzene rings is 1. The molecule has 13 heteroatoms. The number of hydrogen-bond acceptors (Lipinski definition) is 10. The molecule has 0 unspecified atom stereocenters. The van der Waals surface area contributed by atoms with Gasteiger partial charge in [-0.2, -0.15) is 0 Å². The zero-order valence-electron chi connectivity index (χ0n) is 22.8. The van der Waals surface area contributed by atoms with Gasteiger partial charge in [0, 0.05) is 73.7 Å². The minimum absolute atomic E-state index is 0.122. The zero-order chi connectivity index (χ0) is 29.5. The fourth-order valence-electron chi connectivity index (χ4n) is 4.32. The molecule has 0 bridgehead atoms. The van der Waals surface area contributed by atoms with Crippen molar-refractivity contribution in [3.8, 4) is 11.3 Å². The Morgan fingerprint density at radius 2 is 1.93 bits per heavy atom. The summed E-state index contributed by atoms with van der Waals surface area (Å²) < 4.78 is 19.9. The van der Waals surface area contributed by atoms with Gasteiger partial charge in [0.2, 0.25) is 5.91 Å². The first-order valence-corrected chi connectivity index (χ1v) is 14.7. The highest BCUT2D eigenvalue weighted by atomic mass is 35.5. The van der Waals surface area contributed by atoms with Crippen LogP contribution in [0.25, 0.3) is 11.3 Å². The summed E-state index contributed by atoms with van der Waals surface area (Å²) in [5.41, 5.74) is 1.18. The molecule has 2 N–H and O–H groups in total. The fourth-order valence-corrected chi connectivity index (χ4v) is 5.29. The minimum atomic E-state index is -0.489. The summed E-state index contributed by atoms with van der Waals surface area (Å²) in [4.78, 5) is 33.1. The molecule has 4 heterocycles. The standard InChI is InChI=1S/C29H29ClFN7O3S/c1-37-11-13-38(14-12-37)10-8-27(39)34-26-16-20(7-9-32-26)33-25-17-24(22-15-19(30)5-6-23(22)31)35-36-29(25)42-18-21-3-2-4-28(40)41-21/h2-7,9,15-17H,8,10-14,18H2,1H3,(H2,32,33,34,35,39). The Bertz CT molecular complexity index is 1610. The van der Waals surface area contributed by atoms with Crippen LogP contribution < -0.4 is 16.3 Å². The van der Waals surface area contributed by atoms with Crippen molar-refractivity contribution < 1.29 is 13.6 Å². The average molecular weight is 610 g/mol. The number of piperazine rings is 1. The molecule has 0 saturated carbocycles. The van der Waals surface area contributed by atoms with Crippen LogP contribution in [0.2, 0.25) is 5.02 Å². The van der Waals surface area contributed by atoms with Gasteiger partial charge in [-0.1, -0.05) is 29.4 Å². The Labute approximate surface area is 251 Å². The molecule has 10 nitrogen and oxygen atoms in total. The molecule has 1 amide bonds. The monoisotopic (exact) mass is 609 g/mol. The molecule has 3 aromatic heterocycles. The Balaban J connectivity index is 1.33. The number of nitrogens with zero attached hydrogens (tertiary/aromatic N) is 5. The van der Waals surface area contributed by atoms with Gasteiger partial charge in [-0.15, -0.1) is 10.2 Å². The Morgan fingerprint density at radius 1 is 1.10 bits per heavy atom. The third-order valence-electron chi connectivity index (χ3n) is 6.62. The number of halogens is 2. The third kappa shape index (κ3) is 8.13. The van der Waals surface area contributed by atoms with Crippen LogP contribution in [0, 0.1) is 5.82 Å². The molecule has 218 valence electrons. The van der Waals surface area contributed by atoms with Crippen LogP contribution in [0.3, 0.4) is 0 Å². The first-order chi connectivity index (χ1) is 20.3. The number of pyridine rings is 1. The van der Waals surface area contributed by atoms with Crippen LogP contribution in [0.5, 0.6) is 0 Å². The Kier molecular flexibility index (Phi) is 9.80. The van der Waals surface area contributed by atoms with Gasteiger partial charge in [-0.25, -0.2) is 14.2 Å². The summed E-state index contributed by atoms with van der Waals surface area (Å²) in [5, 5.41) is 15.6. The predicted molar refractivity (Wildman–Crippen MR) is 162 cm³/mol. The summed E-state index contributed by atoms with van der Waals surface area (Å²) in [6.07, 6.45) is 1.94. The molecule has 42 heavy (non-hydrogen) atoms. The van der Waals surface area contributed by atoms with E-state index >= 15 is 0 Å². The zero-order valence-corrected chi connectivity index (χ0v) is 24.4. The Morgan fingerprint density at radius 3 is 2.74 bits per heavy atom. The molecule has 1 aliphatic heterocycles. The normalized spacial score (nSPS) is 14.1.